The maximum absolute atomic E-state index is 13.6. The van der Waals surface area contributed by atoms with Gasteiger partial charge < -0.3 is 26.0 Å². The SMILES string of the molecule is C=C[C@]1(C)C[C@@H](OC(=O)CSc2cccc(CNC(=O)[C@H](N)[C@@H](C)O)c2)[C@]2(C)C(C)CCC3(CCC(=O)C32)[C@@H](C)[C@@H]1O. The first-order chi connectivity index (χ1) is 19.7. The second-order valence-corrected chi connectivity index (χ2v) is 14.5. The van der Waals surface area contributed by atoms with Crippen LogP contribution in [0.2, 0.25) is 0 Å². The van der Waals surface area contributed by atoms with Gasteiger partial charge in [-0.2, -0.15) is 0 Å². The topological polar surface area (TPSA) is 139 Å². The number of carbonyl (C=O) groups excluding carboxylic acids is 3. The molecule has 5 N–H and O–H groups in total. The standard InChI is InChI=1S/C33H48N2O6S/c1-7-31(5)16-25(32(6)19(2)11-13-33(20(3)29(31)39)14-12-24(37)28(32)33)41-26(38)18-42-23-10-8-9-22(15-23)17-35-30(40)27(34)21(4)36/h7-10,15,19-21,25,27-29,36,39H,1,11-14,16-18,34H2,2-6H3,(H,35,40)/t19?,20-,21+,25+,27+,28?,29-,31+,32-,33?/m0/s1. The first kappa shape index (κ1) is 32.7. The fourth-order valence-corrected chi connectivity index (χ4v) is 8.87. The smallest absolute Gasteiger partial charge is 0.316 e. The molecule has 9 heteroatoms. The Morgan fingerprint density at radius 3 is 2.67 bits per heavy atom. The number of amides is 1. The summed E-state index contributed by atoms with van der Waals surface area (Å²) in [6.07, 6.45) is 3.11. The van der Waals surface area contributed by atoms with Crippen molar-refractivity contribution < 1.29 is 29.3 Å². The second-order valence-electron chi connectivity index (χ2n) is 13.5. The Hall–Kier alpha value is -2.20. The number of ketones is 1. The number of nitrogens with one attached hydrogen (secondary N) is 1. The van der Waals surface area contributed by atoms with Crippen LogP contribution in [0.4, 0.5) is 0 Å². The molecule has 2 bridgehead atoms. The molecule has 8 nitrogen and oxygen atoms in total. The van der Waals surface area contributed by atoms with Gasteiger partial charge >= 0.3 is 5.97 Å². The van der Waals surface area contributed by atoms with Gasteiger partial charge in [0.1, 0.15) is 17.9 Å². The number of rotatable bonds is 9. The molecule has 1 aromatic carbocycles. The number of ether oxygens (including phenoxy) is 1. The van der Waals surface area contributed by atoms with Crippen LogP contribution in [-0.2, 0) is 25.7 Å². The zero-order valence-corrected chi connectivity index (χ0v) is 26.4. The van der Waals surface area contributed by atoms with Crippen LogP contribution >= 0.6 is 11.8 Å². The third-order valence-electron chi connectivity index (χ3n) is 11.1. The minimum Gasteiger partial charge on any atom is -0.461 e. The largest absolute Gasteiger partial charge is 0.461 e. The molecule has 0 radical (unpaired) electrons. The van der Waals surface area contributed by atoms with E-state index in [1.54, 1.807) is 6.08 Å². The van der Waals surface area contributed by atoms with Crippen LogP contribution in [0.3, 0.4) is 0 Å². The lowest BCUT2D eigenvalue weighted by atomic mass is 9.44. The Bertz CT molecular complexity index is 1210. The van der Waals surface area contributed by atoms with Gasteiger partial charge in [0.25, 0.3) is 0 Å². The third-order valence-corrected chi connectivity index (χ3v) is 12.1. The molecule has 3 aliphatic rings. The number of hydrogen-bond acceptors (Lipinski definition) is 8. The van der Waals surface area contributed by atoms with E-state index >= 15 is 0 Å². The zero-order chi connectivity index (χ0) is 31.0. The summed E-state index contributed by atoms with van der Waals surface area (Å²) in [6.45, 7) is 14.2. The van der Waals surface area contributed by atoms with Crippen molar-refractivity contribution in [1.82, 2.24) is 5.32 Å². The molecule has 42 heavy (non-hydrogen) atoms. The molecule has 1 amide bonds. The third kappa shape index (κ3) is 5.82. The molecule has 0 spiro atoms. The lowest BCUT2D eigenvalue weighted by Crippen LogP contribution is -2.63. The van der Waals surface area contributed by atoms with Gasteiger partial charge in [0.15, 0.2) is 0 Å². The minimum absolute atomic E-state index is 0.0733. The monoisotopic (exact) mass is 600 g/mol. The van der Waals surface area contributed by atoms with E-state index in [9.17, 15) is 24.6 Å². The first-order valence-corrected chi connectivity index (χ1v) is 16.1. The summed E-state index contributed by atoms with van der Waals surface area (Å²) in [5, 5.41) is 23.9. The summed E-state index contributed by atoms with van der Waals surface area (Å²) in [4.78, 5) is 40.0. The van der Waals surface area contributed by atoms with Crippen molar-refractivity contribution in [3.8, 4) is 0 Å². The van der Waals surface area contributed by atoms with Crippen molar-refractivity contribution in [2.24, 2.45) is 39.7 Å². The maximum atomic E-state index is 13.6. The number of hydrogen-bond donors (Lipinski definition) is 4. The first-order valence-electron chi connectivity index (χ1n) is 15.2. The molecule has 0 aromatic heterocycles. The lowest BCUT2D eigenvalue weighted by Gasteiger charge is -2.61. The van der Waals surface area contributed by atoms with E-state index in [0.717, 1.165) is 29.7 Å². The summed E-state index contributed by atoms with van der Waals surface area (Å²) in [5.74, 6) is -0.643. The molecular weight excluding hydrogens is 552 g/mol. The van der Waals surface area contributed by atoms with Crippen LogP contribution in [0.5, 0.6) is 0 Å². The van der Waals surface area contributed by atoms with E-state index in [-0.39, 0.29) is 47.2 Å². The molecular formula is C33H48N2O6S. The maximum Gasteiger partial charge on any atom is 0.316 e. The number of aliphatic hydroxyl groups is 2. The summed E-state index contributed by atoms with van der Waals surface area (Å²) in [6, 6.07) is 6.50. The Morgan fingerprint density at radius 2 is 2.00 bits per heavy atom. The van der Waals surface area contributed by atoms with E-state index in [0.29, 0.717) is 12.8 Å². The van der Waals surface area contributed by atoms with Crippen LogP contribution in [0, 0.1) is 34.0 Å². The van der Waals surface area contributed by atoms with Crippen LogP contribution in [-0.4, -0.2) is 58.0 Å². The highest BCUT2D eigenvalue weighted by Gasteiger charge is 2.68. The van der Waals surface area contributed by atoms with Gasteiger partial charge in [-0.25, -0.2) is 0 Å². The molecule has 10 atom stereocenters. The Balaban J connectivity index is 1.51. The van der Waals surface area contributed by atoms with Crippen LogP contribution in [0.1, 0.15) is 72.3 Å². The van der Waals surface area contributed by atoms with Gasteiger partial charge in [-0.1, -0.05) is 45.9 Å². The van der Waals surface area contributed by atoms with Gasteiger partial charge in [-0.3, -0.25) is 14.4 Å². The van der Waals surface area contributed by atoms with Crippen LogP contribution in [0.25, 0.3) is 0 Å². The molecule has 3 saturated carbocycles. The highest BCUT2D eigenvalue weighted by atomic mass is 32.2. The molecule has 0 saturated heterocycles. The van der Waals surface area contributed by atoms with Crippen LogP contribution in [0.15, 0.2) is 41.8 Å². The van der Waals surface area contributed by atoms with Crippen molar-refractivity contribution >= 4 is 29.4 Å². The molecule has 3 unspecified atom stereocenters. The van der Waals surface area contributed by atoms with Crippen molar-refractivity contribution in [3.63, 3.8) is 0 Å². The molecule has 0 heterocycles. The van der Waals surface area contributed by atoms with Crippen molar-refractivity contribution in [3.05, 3.63) is 42.5 Å². The minimum atomic E-state index is -1.00. The Labute approximate surface area is 254 Å². The van der Waals surface area contributed by atoms with E-state index in [4.69, 9.17) is 10.5 Å². The number of aliphatic hydroxyl groups excluding tert-OH is 2. The zero-order valence-electron chi connectivity index (χ0n) is 25.6. The average Bonchev–Trinajstić information content (AvgIpc) is 3.32. The van der Waals surface area contributed by atoms with Gasteiger partial charge in [0.05, 0.1) is 18.0 Å². The number of nitrogens with two attached hydrogens (primary N) is 1. The number of Topliss-reactive ketones (excluding diaryl/α,β-unsaturated/α-hetero) is 1. The Morgan fingerprint density at radius 1 is 1.29 bits per heavy atom. The van der Waals surface area contributed by atoms with E-state index in [2.05, 4.69) is 32.7 Å². The summed E-state index contributed by atoms with van der Waals surface area (Å²) in [5.41, 5.74) is 5.01. The van der Waals surface area contributed by atoms with Gasteiger partial charge in [-0.05, 0) is 67.6 Å². The molecule has 3 fully saturated rings. The fourth-order valence-electron chi connectivity index (χ4n) is 8.11. The van der Waals surface area contributed by atoms with Crippen molar-refractivity contribution in [1.29, 1.82) is 0 Å². The molecule has 4 rings (SSSR count). The lowest BCUT2D eigenvalue weighted by molar-refractivity contribution is -0.205. The van der Waals surface area contributed by atoms with Gasteiger partial charge in [-0.15, -0.1) is 18.3 Å². The average molecular weight is 601 g/mol. The fraction of sp³-hybridized carbons (Fsp3) is 0.667. The van der Waals surface area contributed by atoms with Gasteiger partial charge in [0, 0.05) is 34.6 Å². The molecule has 0 aliphatic heterocycles. The second kappa shape index (κ2) is 12.4. The van der Waals surface area contributed by atoms with E-state index in [1.165, 1.54) is 18.7 Å². The predicted molar refractivity (Wildman–Crippen MR) is 163 cm³/mol. The number of carbonyl (C=O) groups is 3. The predicted octanol–water partition coefficient (Wildman–Crippen LogP) is 4.01. The van der Waals surface area contributed by atoms with E-state index in [1.807, 2.05) is 31.2 Å². The van der Waals surface area contributed by atoms with Crippen molar-refractivity contribution in [2.45, 2.75) is 103 Å². The number of thioether (sulfide) groups is 1. The summed E-state index contributed by atoms with van der Waals surface area (Å²) in [7, 11) is 0. The van der Waals surface area contributed by atoms with Crippen molar-refractivity contribution in [2.75, 3.05) is 5.75 Å². The van der Waals surface area contributed by atoms with Crippen LogP contribution < -0.4 is 11.1 Å². The summed E-state index contributed by atoms with van der Waals surface area (Å²) >= 11 is 1.35. The molecule has 232 valence electrons. The Kier molecular flexibility index (Phi) is 9.68. The normalized spacial score (nSPS) is 37.5. The molecule has 1 aromatic rings. The van der Waals surface area contributed by atoms with Gasteiger partial charge in [0.2, 0.25) is 5.91 Å². The molecule has 3 aliphatic carbocycles. The quantitative estimate of drug-likeness (QED) is 0.190. The highest BCUT2D eigenvalue weighted by Crippen LogP contribution is 2.68. The summed E-state index contributed by atoms with van der Waals surface area (Å²) < 4.78 is 6.33. The number of benzene rings is 1. The number of esters is 1. The highest BCUT2D eigenvalue weighted by molar-refractivity contribution is 8.00. The van der Waals surface area contributed by atoms with E-state index < -0.39 is 41.1 Å².